The Balaban J connectivity index is 2.46. The molecule has 0 aliphatic rings. The first-order chi connectivity index (χ1) is 8.80. The van der Waals surface area contributed by atoms with Crippen LogP contribution in [-0.2, 0) is 13.0 Å². The van der Waals surface area contributed by atoms with E-state index in [0.717, 1.165) is 39.1 Å². The molecule has 0 bridgehead atoms. The van der Waals surface area contributed by atoms with E-state index in [0.29, 0.717) is 0 Å². The SMILES string of the molecule is C=CCN(CC)Cc1ccc(CCNCC)cc1. The van der Waals surface area contributed by atoms with Crippen LogP contribution >= 0.6 is 0 Å². The zero-order chi connectivity index (χ0) is 13.2. The first kappa shape index (κ1) is 14.9. The Morgan fingerprint density at radius 3 is 2.39 bits per heavy atom. The molecule has 100 valence electrons. The average molecular weight is 246 g/mol. The van der Waals surface area contributed by atoms with Crippen molar-refractivity contribution < 1.29 is 0 Å². The summed E-state index contributed by atoms with van der Waals surface area (Å²) in [5, 5.41) is 3.35. The summed E-state index contributed by atoms with van der Waals surface area (Å²) in [6.07, 6.45) is 3.08. The second-order valence-corrected chi connectivity index (χ2v) is 4.54. The van der Waals surface area contributed by atoms with Crippen LogP contribution in [0, 0.1) is 0 Å². The second kappa shape index (κ2) is 8.90. The number of hydrogen-bond donors (Lipinski definition) is 1. The number of nitrogens with one attached hydrogen (secondary N) is 1. The van der Waals surface area contributed by atoms with Gasteiger partial charge in [-0.05, 0) is 37.2 Å². The van der Waals surface area contributed by atoms with Gasteiger partial charge >= 0.3 is 0 Å². The first-order valence-electron chi connectivity index (χ1n) is 6.91. The molecule has 0 spiro atoms. The van der Waals surface area contributed by atoms with Crippen LogP contribution in [0.5, 0.6) is 0 Å². The third-order valence-corrected chi connectivity index (χ3v) is 3.10. The Hall–Kier alpha value is -1.12. The average Bonchev–Trinajstić information content (AvgIpc) is 2.40. The van der Waals surface area contributed by atoms with Crippen LogP contribution in [0.15, 0.2) is 36.9 Å². The number of likely N-dealkylation sites (N-methyl/N-ethyl adjacent to an activating group) is 2. The molecule has 0 aliphatic heterocycles. The molecule has 0 atom stereocenters. The maximum absolute atomic E-state index is 3.80. The molecule has 1 N–H and O–H groups in total. The normalized spacial score (nSPS) is 10.8. The standard InChI is InChI=1S/C16H26N2/c1-4-13-18(6-3)14-16-9-7-15(8-10-16)11-12-17-5-2/h4,7-10,17H,1,5-6,11-14H2,2-3H3. The molecule has 0 aromatic heterocycles. The van der Waals surface area contributed by atoms with Gasteiger partial charge in [-0.1, -0.05) is 44.2 Å². The summed E-state index contributed by atoms with van der Waals surface area (Å²) in [6, 6.07) is 8.98. The third kappa shape index (κ3) is 5.48. The van der Waals surface area contributed by atoms with Crippen molar-refractivity contribution in [3.05, 3.63) is 48.0 Å². The van der Waals surface area contributed by atoms with Crippen molar-refractivity contribution in [1.82, 2.24) is 10.2 Å². The van der Waals surface area contributed by atoms with Crippen LogP contribution in [0.3, 0.4) is 0 Å². The fourth-order valence-corrected chi connectivity index (χ4v) is 1.97. The Morgan fingerprint density at radius 2 is 1.83 bits per heavy atom. The molecule has 0 heterocycles. The molecule has 2 nitrogen and oxygen atoms in total. The number of nitrogens with zero attached hydrogens (tertiary/aromatic N) is 1. The summed E-state index contributed by atoms with van der Waals surface area (Å²) < 4.78 is 0. The van der Waals surface area contributed by atoms with E-state index in [1.807, 2.05) is 6.08 Å². The van der Waals surface area contributed by atoms with Crippen molar-refractivity contribution in [2.24, 2.45) is 0 Å². The molecule has 0 fully saturated rings. The summed E-state index contributed by atoms with van der Waals surface area (Å²) in [6.45, 7) is 13.3. The highest BCUT2D eigenvalue weighted by atomic mass is 15.1. The van der Waals surface area contributed by atoms with Gasteiger partial charge < -0.3 is 5.32 Å². The van der Waals surface area contributed by atoms with Crippen LogP contribution < -0.4 is 5.32 Å². The molecule has 2 heteroatoms. The van der Waals surface area contributed by atoms with Crippen molar-refractivity contribution >= 4 is 0 Å². The Bertz CT molecular complexity index is 329. The van der Waals surface area contributed by atoms with Crippen LogP contribution in [0.2, 0.25) is 0 Å². The van der Waals surface area contributed by atoms with E-state index in [1.165, 1.54) is 11.1 Å². The van der Waals surface area contributed by atoms with Gasteiger partial charge in [-0.2, -0.15) is 0 Å². The molecule has 0 saturated heterocycles. The van der Waals surface area contributed by atoms with E-state index in [4.69, 9.17) is 0 Å². The van der Waals surface area contributed by atoms with Crippen molar-refractivity contribution in [2.45, 2.75) is 26.8 Å². The fraction of sp³-hybridized carbons (Fsp3) is 0.500. The third-order valence-electron chi connectivity index (χ3n) is 3.10. The fourth-order valence-electron chi connectivity index (χ4n) is 1.97. The van der Waals surface area contributed by atoms with Gasteiger partial charge in [0.15, 0.2) is 0 Å². The topological polar surface area (TPSA) is 15.3 Å². The summed E-state index contributed by atoms with van der Waals surface area (Å²) in [7, 11) is 0. The van der Waals surface area contributed by atoms with E-state index >= 15 is 0 Å². The number of hydrogen-bond acceptors (Lipinski definition) is 2. The van der Waals surface area contributed by atoms with Crippen molar-refractivity contribution in [3.8, 4) is 0 Å². The minimum atomic E-state index is 0.957. The zero-order valence-electron chi connectivity index (χ0n) is 11.8. The van der Waals surface area contributed by atoms with Gasteiger partial charge in [0.1, 0.15) is 0 Å². The lowest BCUT2D eigenvalue weighted by Gasteiger charge is -2.18. The van der Waals surface area contributed by atoms with Gasteiger partial charge in [-0.3, -0.25) is 4.90 Å². The van der Waals surface area contributed by atoms with Gasteiger partial charge in [-0.15, -0.1) is 6.58 Å². The molecular formula is C16H26N2. The van der Waals surface area contributed by atoms with Crippen molar-refractivity contribution in [1.29, 1.82) is 0 Å². The van der Waals surface area contributed by atoms with Crippen molar-refractivity contribution in [3.63, 3.8) is 0 Å². The van der Waals surface area contributed by atoms with E-state index in [1.54, 1.807) is 0 Å². The second-order valence-electron chi connectivity index (χ2n) is 4.54. The largest absolute Gasteiger partial charge is 0.317 e. The lowest BCUT2D eigenvalue weighted by Crippen LogP contribution is -2.22. The highest BCUT2D eigenvalue weighted by molar-refractivity contribution is 5.22. The van der Waals surface area contributed by atoms with Gasteiger partial charge in [0.2, 0.25) is 0 Å². The highest BCUT2D eigenvalue weighted by Gasteiger charge is 2.01. The smallest absolute Gasteiger partial charge is 0.0236 e. The molecule has 0 unspecified atom stereocenters. The molecule has 1 rings (SSSR count). The molecule has 18 heavy (non-hydrogen) atoms. The van der Waals surface area contributed by atoms with Gasteiger partial charge in [0.05, 0.1) is 0 Å². The highest BCUT2D eigenvalue weighted by Crippen LogP contribution is 2.08. The van der Waals surface area contributed by atoms with Crippen LogP contribution in [0.25, 0.3) is 0 Å². The minimum Gasteiger partial charge on any atom is -0.317 e. The monoisotopic (exact) mass is 246 g/mol. The number of benzene rings is 1. The van der Waals surface area contributed by atoms with E-state index in [-0.39, 0.29) is 0 Å². The molecule has 0 amide bonds. The Kier molecular flexibility index (Phi) is 7.38. The number of rotatable bonds is 9. The van der Waals surface area contributed by atoms with Crippen LogP contribution in [0.1, 0.15) is 25.0 Å². The van der Waals surface area contributed by atoms with E-state index in [2.05, 4.69) is 54.9 Å². The Labute approximate surface area is 112 Å². The maximum atomic E-state index is 3.80. The molecular weight excluding hydrogens is 220 g/mol. The molecule has 1 aromatic rings. The summed E-state index contributed by atoms with van der Waals surface area (Å²) in [5.41, 5.74) is 2.79. The van der Waals surface area contributed by atoms with Crippen LogP contribution in [-0.4, -0.2) is 31.1 Å². The maximum Gasteiger partial charge on any atom is 0.0236 e. The predicted octanol–water partition coefficient (Wildman–Crippen LogP) is 2.85. The molecule has 0 saturated carbocycles. The van der Waals surface area contributed by atoms with E-state index in [9.17, 15) is 0 Å². The Morgan fingerprint density at radius 1 is 1.17 bits per heavy atom. The predicted molar refractivity (Wildman–Crippen MR) is 79.8 cm³/mol. The van der Waals surface area contributed by atoms with Gasteiger partial charge in [0, 0.05) is 13.1 Å². The summed E-state index contributed by atoms with van der Waals surface area (Å²) in [4.78, 5) is 2.38. The quantitative estimate of drug-likeness (QED) is 0.532. The minimum absolute atomic E-state index is 0.957. The lowest BCUT2D eigenvalue weighted by molar-refractivity contribution is 0.311. The van der Waals surface area contributed by atoms with Crippen molar-refractivity contribution in [2.75, 3.05) is 26.2 Å². The van der Waals surface area contributed by atoms with Gasteiger partial charge in [0.25, 0.3) is 0 Å². The van der Waals surface area contributed by atoms with Gasteiger partial charge in [-0.25, -0.2) is 0 Å². The summed E-state index contributed by atoms with van der Waals surface area (Å²) >= 11 is 0. The lowest BCUT2D eigenvalue weighted by atomic mass is 10.1. The molecule has 0 radical (unpaired) electrons. The molecule has 0 aliphatic carbocycles. The summed E-state index contributed by atoms with van der Waals surface area (Å²) in [5.74, 6) is 0. The van der Waals surface area contributed by atoms with Crippen LogP contribution in [0.4, 0.5) is 0 Å². The van der Waals surface area contributed by atoms with E-state index < -0.39 is 0 Å². The molecule has 1 aromatic carbocycles. The zero-order valence-corrected chi connectivity index (χ0v) is 11.8. The first-order valence-corrected chi connectivity index (χ1v) is 6.91.